The zero-order valence-electron chi connectivity index (χ0n) is 29.2. The number of rotatable bonds is 12. The van der Waals surface area contributed by atoms with E-state index in [0.29, 0.717) is 47.5 Å². The quantitative estimate of drug-likeness (QED) is 0.131. The van der Waals surface area contributed by atoms with E-state index in [2.05, 4.69) is 42.3 Å². The van der Waals surface area contributed by atoms with Crippen LogP contribution in [0, 0.1) is 11.7 Å². The number of aromatic amines is 2. The Morgan fingerprint density at radius 1 is 1.18 bits per heavy atom. The number of pyridine rings is 1. The average Bonchev–Trinajstić information content (AvgIpc) is 3.82. The smallest absolute Gasteiger partial charge is 0.297 e. The first kappa shape index (κ1) is 37.1. The fourth-order valence-electron chi connectivity index (χ4n) is 7.31. The van der Waals surface area contributed by atoms with Crippen LogP contribution >= 0.6 is 11.6 Å². The van der Waals surface area contributed by atoms with E-state index in [4.69, 9.17) is 26.2 Å². The summed E-state index contributed by atoms with van der Waals surface area (Å²) in [5.41, 5.74) is 1.38. The molecule has 2 aliphatic heterocycles. The van der Waals surface area contributed by atoms with Gasteiger partial charge in [-0.25, -0.2) is 4.39 Å². The Morgan fingerprint density at radius 2 is 1.94 bits per heavy atom. The van der Waals surface area contributed by atoms with Crippen molar-refractivity contribution in [3.05, 3.63) is 45.2 Å². The van der Waals surface area contributed by atoms with Gasteiger partial charge >= 0.3 is 0 Å². The maximum atomic E-state index is 16.2. The standard InChI is InChI=1S/C26H28ClFN6O3.C8H17NO.C2H6/c1-36-10-2-5-15-18(27)11-19-16(13-30-33-19)20(15)23-21(28)22-17(12-29-23)24(35)32-25(31-22)37-14-26-6-3-8-34(26)9-4-7-26;1-2-3-9-6-7-4-8(10)5-7;1-2/h11-13H,2-10,14H2,1H3,(H,30,33)(H,31,32,35);7-10H,2-6H2,1H3;1-2H3. The molecule has 1 aliphatic carbocycles. The molecule has 5 heterocycles. The molecule has 0 radical (unpaired) electrons. The van der Waals surface area contributed by atoms with Gasteiger partial charge in [0.25, 0.3) is 11.6 Å². The van der Waals surface area contributed by atoms with Crippen molar-refractivity contribution >= 4 is 33.4 Å². The van der Waals surface area contributed by atoms with E-state index in [1.165, 1.54) is 12.6 Å². The molecular weight excluding hydrogens is 649 g/mol. The lowest BCUT2D eigenvalue weighted by atomic mass is 9.82. The van der Waals surface area contributed by atoms with Crippen molar-refractivity contribution in [3.8, 4) is 17.3 Å². The molecule has 3 fully saturated rings. The molecule has 0 bridgehead atoms. The zero-order valence-corrected chi connectivity index (χ0v) is 30.0. The van der Waals surface area contributed by atoms with Gasteiger partial charge in [0.2, 0.25) is 0 Å². The Morgan fingerprint density at radius 3 is 2.63 bits per heavy atom. The van der Waals surface area contributed by atoms with Gasteiger partial charge in [-0.05, 0) is 102 Å². The topological polar surface area (TPSA) is 141 Å². The minimum atomic E-state index is -0.701. The summed E-state index contributed by atoms with van der Waals surface area (Å²) in [6.07, 6.45) is 11.8. The van der Waals surface area contributed by atoms with E-state index in [0.717, 1.165) is 76.2 Å². The summed E-state index contributed by atoms with van der Waals surface area (Å²) in [4.78, 5) is 26.7. The Labute approximate surface area is 292 Å². The number of nitrogens with one attached hydrogen (secondary N) is 3. The lowest BCUT2D eigenvalue weighted by molar-refractivity contribution is 0.0432. The predicted molar refractivity (Wildman–Crippen MR) is 192 cm³/mol. The SMILES string of the molecule is CC.CCCNCC1CC(O)C1.COCCCc1c(Cl)cc2[nH]ncc2c1-c1ncc2c(=O)[nH]c(OCC34CCCN3CCC4)nc2c1F. The number of aromatic nitrogens is 5. The number of ether oxygens (including phenoxy) is 2. The third-order valence-corrected chi connectivity index (χ3v) is 10.2. The second-order valence-electron chi connectivity index (χ2n) is 13.1. The molecule has 1 saturated carbocycles. The summed E-state index contributed by atoms with van der Waals surface area (Å²) < 4.78 is 27.4. The molecule has 7 rings (SSSR count). The number of nitrogens with zero attached hydrogens (tertiary/aromatic N) is 4. The van der Waals surface area contributed by atoms with E-state index in [1.807, 2.05) is 13.8 Å². The molecule has 268 valence electrons. The highest BCUT2D eigenvalue weighted by atomic mass is 35.5. The largest absolute Gasteiger partial charge is 0.463 e. The molecule has 0 atom stereocenters. The Balaban J connectivity index is 0.000000334. The van der Waals surface area contributed by atoms with Crippen LogP contribution in [0.5, 0.6) is 6.01 Å². The van der Waals surface area contributed by atoms with E-state index in [1.54, 1.807) is 19.4 Å². The highest BCUT2D eigenvalue weighted by Crippen LogP contribution is 2.40. The Bertz CT molecular complexity index is 1730. The van der Waals surface area contributed by atoms with Crippen LogP contribution in [-0.4, -0.2) is 93.3 Å². The number of hydrogen-bond acceptors (Lipinski definition) is 9. The molecule has 4 N–H and O–H groups in total. The van der Waals surface area contributed by atoms with Gasteiger partial charge in [0.1, 0.15) is 17.8 Å². The van der Waals surface area contributed by atoms with Gasteiger partial charge in [-0.1, -0.05) is 32.4 Å². The minimum absolute atomic E-state index is 0.00780. The summed E-state index contributed by atoms with van der Waals surface area (Å²) in [6, 6.07) is 1.79. The summed E-state index contributed by atoms with van der Waals surface area (Å²) >= 11 is 6.63. The molecule has 0 amide bonds. The van der Waals surface area contributed by atoms with Gasteiger partial charge in [0.05, 0.1) is 28.7 Å². The van der Waals surface area contributed by atoms with Gasteiger partial charge in [-0.15, -0.1) is 0 Å². The molecule has 4 aromatic rings. The van der Waals surface area contributed by atoms with Crippen LogP contribution in [0.4, 0.5) is 4.39 Å². The van der Waals surface area contributed by atoms with Gasteiger partial charge in [-0.3, -0.25) is 24.8 Å². The molecule has 0 unspecified atom stereocenters. The molecule has 49 heavy (non-hydrogen) atoms. The van der Waals surface area contributed by atoms with Crippen molar-refractivity contribution < 1.29 is 19.0 Å². The number of aliphatic hydroxyl groups excluding tert-OH is 1. The van der Waals surface area contributed by atoms with Crippen LogP contribution in [0.1, 0.15) is 77.7 Å². The van der Waals surface area contributed by atoms with Gasteiger partial charge in [-0.2, -0.15) is 10.1 Å². The Kier molecular flexibility index (Phi) is 13.0. The molecular formula is C36H51ClFN7O4. The molecule has 1 aromatic carbocycles. The second-order valence-corrected chi connectivity index (χ2v) is 13.5. The minimum Gasteiger partial charge on any atom is -0.463 e. The summed E-state index contributed by atoms with van der Waals surface area (Å²) in [6.45, 7) is 11.4. The zero-order chi connectivity index (χ0) is 35.0. The average molecular weight is 700 g/mol. The molecule has 3 aromatic heterocycles. The molecule has 2 saturated heterocycles. The van der Waals surface area contributed by atoms with Crippen LogP contribution in [0.25, 0.3) is 33.1 Å². The predicted octanol–water partition coefficient (Wildman–Crippen LogP) is 6.02. The van der Waals surface area contributed by atoms with Crippen LogP contribution in [0.3, 0.4) is 0 Å². The van der Waals surface area contributed by atoms with Gasteiger partial charge in [0.15, 0.2) is 5.82 Å². The first-order chi connectivity index (χ1) is 23.8. The number of fused-ring (bicyclic) bond motifs is 3. The van der Waals surface area contributed by atoms with Crippen molar-refractivity contribution in [3.63, 3.8) is 0 Å². The fraction of sp³-hybridized carbons (Fsp3) is 0.611. The van der Waals surface area contributed by atoms with Crippen molar-refractivity contribution in [2.24, 2.45) is 5.92 Å². The lowest BCUT2D eigenvalue weighted by Crippen LogP contribution is -2.43. The van der Waals surface area contributed by atoms with E-state index >= 15 is 4.39 Å². The molecule has 13 heteroatoms. The number of methoxy groups -OCH3 is 1. The Hall–Kier alpha value is -3.16. The highest BCUT2D eigenvalue weighted by molar-refractivity contribution is 6.33. The first-order valence-corrected chi connectivity index (χ1v) is 18.2. The highest BCUT2D eigenvalue weighted by Gasteiger charge is 2.45. The maximum Gasteiger partial charge on any atom is 0.297 e. The fourth-order valence-corrected chi connectivity index (χ4v) is 7.61. The monoisotopic (exact) mass is 699 g/mol. The van der Waals surface area contributed by atoms with Crippen molar-refractivity contribution in [1.29, 1.82) is 0 Å². The molecule has 11 nitrogen and oxygen atoms in total. The lowest BCUT2D eigenvalue weighted by Gasteiger charge is -2.31. The third-order valence-electron chi connectivity index (χ3n) is 9.84. The van der Waals surface area contributed by atoms with E-state index in [-0.39, 0.29) is 34.3 Å². The van der Waals surface area contributed by atoms with Gasteiger partial charge < -0.3 is 19.9 Å². The van der Waals surface area contributed by atoms with Crippen LogP contribution < -0.4 is 15.6 Å². The number of halogens is 2. The van der Waals surface area contributed by atoms with E-state index in [9.17, 15) is 4.79 Å². The summed E-state index contributed by atoms with van der Waals surface area (Å²) in [5.74, 6) is 0.0503. The summed E-state index contributed by atoms with van der Waals surface area (Å²) in [5, 5.41) is 20.5. The first-order valence-electron chi connectivity index (χ1n) is 17.8. The second kappa shape index (κ2) is 17.2. The molecule has 0 spiro atoms. The normalized spacial score (nSPS) is 19.6. The molecule has 3 aliphatic rings. The number of aliphatic hydroxyl groups is 1. The number of H-pyrrole nitrogens is 2. The van der Waals surface area contributed by atoms with Crippen LogP contribution in [0.15, 0.2) is 23.3 Å². The van der Waals surface area contributed by atoms with Gasteiger partial charge in [0, 0.05) is 35.9 Å². The van der Waals surface area contributed by atoms with Crippen LogP contribution in [0.2, 0.25) is 5.02 Å². The van der Waals surface area contributed by atoms with E-state index < -0.39 is 11.4 Å². The van der Waals surface area contributed by atoms with Crippen LogP contribution in [-0.2, 0) is 11.2 Å². The third kappa shape index (κ3) is 8.26. The number of hydrogen-bond donors (Lipinski definition) is 4. The number of benzene rings is 1. The summed E-state index contributed by atoms with van der Waals surface area (Å²) in [7, 11) is 1.63. The van der Waals surface area contributed by atoms with Crippen molar-refractivity contribution in [2.75, 3.05) is 46.5 Å². The van der Waals surface area contributed by atoms with Crippen molar-refractivity contribution in [2.45, 2.75) is 90.2 Å². The maximum absolute atomic E-state index is 16.2. The van der Waals surface area contributed by atoms with Crippen molar-refractivity contribution in [1.82, 2.24) is 35.4 Å².